The number of morpholine rings is 1. The highest BCUT2D eigenvalue weighted by Gasteiger charge is 2.16. The van der Waals surface area contributed by atoms with Crippen LogP contribution >= 0.6 is 0 Å². The molecule has 5 nitrogen and oxygen atoms in total. The Bertz CT molecular complexity index is 444. The van der Waals surface area contributed by atoms with Crippen LogP contribution in [0.2, 0.25) is 0 Å². The predicted molar refractivity (Wildman–Crippen MR) is 79.7 cm³/mol. The average Bonchev–Trinajstić information content (AvgIpc) is 2.41. The van der Waals surface area contributed by atoms with Crippen LogP contribution in [0.15, 0.2) is 24.3 Å². The first kappa shape index (κ1) is 14.8. The van der Waals surface area contributed by atoms with Crippen LogP contribution in [0, 0.1) is 0 Å². The maximum Gasteiger partial charge on any atom is 0.221 e. The first-order valence-corrected chi connectivity index (χ1v) is 7.09. The Morgan fingerprint density at radius 3 is 3.05 bits per heavy atom. The van der Waals surface area contributed by atoms with Gasteiger partial charge < -0.3 is 21.1 Å². The van der Waals surface area contributed by atoms with Gasteiger partial charge in [0.15, 0.2) is 0 Å². The smallest absolute Gasteiger partial charge is 0.221 e. The van der Waals surface area contributed by atoms with E-state index in [1.807, 2.05) is 24.3 Å². The molecular formula is C15H23N3O2. The van der Waals surface area contributed by atoms with Crippen LogP contribution in [-0.4, -0.2) is 37.7 Å². The summed E-state index contributed by atoms with van der Waals surface area (Å²) in [5.74, 6) is -0.311. The minimum absolute atomic E-state index is 0.265. The number of carbonyl (C=O) groups is 1. The lowest BCUT2D eigenvalue weighted by Crippen LogP contribution is -2.43. The molecule has 0 aromatic heterocycles. The Morgan fingerprint density at radius 2 is 2.35 bits per heavy atom. The molecule has 0 radical (unpaired) electrons. The highest BCUT2D eigenvalue weighted by atomic mass is 16.5. The van der Waals surface area contributed by atoms with Crippen molar-refractivity contribution in [3.63, 3.8) is 0 Å². The normalized spacial score (nSPS) is 20.4. The quantitative estimate of drug-likeness (QED) is 0.722. The molecule has 2 atom stereocenters. The van der Waals surface area contributed by atoms with Crippen LogP contribution in [-0.2, 0) is 16.0 Å². The van der Waals surface area contributed by atoms with Gasteiger partial charge in [-0.2, -0.15) is 0 Å². The highest BCUT2D eigenvalue weighted by molar-refractivity contribution is 5.78. The zero-order valence-electron chi connectivity index (χ0n) is 11.9. The van der Waals surface area contributed by atoms with Crippen LogP contribution in [0.1, 0.15) is 18.9 Å². The van der Waals surface area contributed by atoms with Crippen LogP contribution < -0.4 is 16.4 Å². The number of anilines is 1. The van der Waals surface area contributed by atoms with Crippen molar-refractivity contribution >= 4 is 11.6 Å². The summed E-state index contributed by atoms with van der Waals surface area (Å²) in [4.78, 5) is 11.1. The second kappa shape index (κ2) is 7.26. The zero-order chi connectivity index (χ0) is 14.4. The standard InChI is InChI=1S/C15H23N3O2/c1-11(8-13-10-20-7-6-17-13)18-14-5-3-2-4-12(14)9-15(16)19/h2-5,11,13,17-18H,6-10H2,1H3,(H2,16,19). The minimum atomic E-state index is -0.311. The van der Waals surface area contributed by atoms with Crippen LogP contribution in [0.5, 0.6) is 0 Å². The van der Waals surface area contributed by atoms with Crippen molar-refractivity contribution < 1.29 is 9.53 Å². The van der Waals surface area contributed by atoms with Gasteiger partial charge in [-0.1, -0.05) is 18.2 Å². The van der Waals surface area contributed by atoms with Gasteiger partial charge in [0.2, 0.25) is 5.91 Å². The van der Waals surface area contributed by atoms with E-state index in [2.05, 4.69) is 17.6 Å². The molecule has 1 aromatic rings. The fourth-order valence-corrected chi connectivity index (χ4v) is 2.53. The van der Waals surface area contributed by atoms with Crippen molar-refractivity contribution in [1.82, 2.24) is 5.32 Å². The maximum absolute atomic E-state index is 11.1. The van der Waals surface area contributed by atoms with Gasteiger partial charge in [-0.15, -0.1) is 0 Å². The van der Waals surface area contributed by atoms with Crippen LogP contribution in [0.4, 0.5) is 5.69 Å². The number of amides is 1. The van der Waals surface area contributed by atoms with E-state index >= 15 is 0 Å². The van der Waals surface area contributed by atoms with E-state index < -0.39 is 0 Å². The third-order valence-electron chi connectivity index (χ3n) is 3.42. The van der Waals surface area contributed by atoms with Crippen molar-refractivity contribution in [1.29, 1.82) is 0 Å². The number of nitrogens with two attached hydrogens (primary N) is 1. The van der Waals surface area contributed by atoms with Gasteiger partial charge >= 0.3 is 0 Å². The molecule has 1 aliphatic heterocycles. The monoisotopic (exact) mass is 277 g/mol. The lowest BCUT2D eigenvalue weighted by atomic mass is 10.1. The molecule has 1 aliphatic rings. The van der Waals surface area contributed by atoms with Crippen molar-refractivity contribution in [3.8, 4) is 0 Å². The number of nitrogens with one attached hydrogen (secondary N) is 2. The molecule has 4 N–H and O–H groups in total. The summed E-state index contributed by atoms with van der Waals surface area (Å²) in [6.07, 6.45) is 1.24. The van der Waals surface area contributed by atoms with Crippen molar-refractivity contribution in [2.45, 2.75) is 31.8 Å². The molecule has 1 aromatic carbocycles. The molecule has 1 fully saturated rings. The zero-order valence-corrected chi connectivity index (χ0v) is 11.9. The predicted octanol–water partition coefficient (Wildman–Crippen LogP) is 0.893. The highest BCUT2D eigenvalue weighted by Crippen LogP contribution is 2.18. The van der Waals surface area contributed by atoms with E-state index in [0.29, 0.717) is 12.1 Å². The van der Waals surface area contributed by atoms with Crippen molar-refractivity contribution in [2.24, 2.45) is 5.73 Å². The first-order chi connectivity index (χ1) is 9.65. The largest absolute Gasteiger partial charge is 0.382 e. The van der Waals surface area contributed by atoms with Gasteiger partial charge in [-0.25, -0.2) is 0 Å². The summed E-state index contributed by atoms with van der Waals surface area (Å²) in [5, 5.41) is 6.90. The number of primary amides is 1. The number of hydrogen-bond donors (Lipinski definition) is 3. The van der Waals surface area contributed by atoms with Crippen LogP contribution in [0.25, 0.3) is 0 Å². The third kappa shape index (κ3) is 4.51. The molecule has 20 heavy (non-hydrogen) atoms. The average molecular weight is 277 g/mol. The van der Waals surface area contributed by atoms with E-state index in [9.17, 15) is 4.79 Å². The number of hydrogen-bond acceptors (Lipinski definition) is 4. The van der Waals surface area contributed by atoms with Gasteiger partial charge in [-0.3, -0.25) is 4.79 Å². The molecule has 2 unspecified atom stereocenters. The van der Waals surface area contributed by atoms with E-state index in [1.165, 1.54) is 0 Å². The third-order valence-corrected chi connectivity index (χ3v) is 3.42. The SMILES string of the molecule is CC(CC1COCCN1)Nc1ccccc1CC(N)=O. The van der Waals surface area contributed by atoms with Crippen molar-refractivity contribution in [2.75, 3.05) is 25.1 Å². The Morgan fingerprint density at radius 1 is 1.55 bits per heavy atom. The summed E-state index contributed by atoms with van der Waals surface area (Å²) in [6, 6.07) is 8.48. The number of benzene rings is 1. The Kier molecular flexibility index (Phi) is 5.38. The molecule has 0 bridgehead atoms. The molecule has 5 heteroatoms. The minimum Gasteiger partial charge on any atom is -0.382 e. The van der Waals surface area contributed by atoms with Gasteiger partial charge in [0.25, 0.3) is 0 Å². The van der Waals surface area contributed by atoms with Gasteiger partial charge in [0.1, 0.15) is 0 Å². The molecule has 110 valence electrons. The molecule has 1 amide bonds. The summed E-state index contributed by atoms with van der Waals surface area (Å²) in [5.41, 5.74) is 7.21. The fraction of sp³-hybridized carbons (Fsp3) is 0.533. The molecule has 0 spiro atoms. The summed E-state index contributed by atoms with van der Waals surface area (Å²) in [6.45, 7) is 4.60. The van der Waals surface area contributed by atoms with E-state index in [-0.39, 0.29) is 12.3 Å². The summed E-state index contributed by atoms with van der Waals surface area (Å²) >= 11 is 0. The number of ether oxygens (including phenoxy) is 1. The van der Waals surface area contributed by atoms with Gasteiger partial charge in [0.05, 0.1) is 19.6 Å². The van der Waals surface area contributed by atoms with Gasteiger partial charge in [0, 0.05) is 24.3 Å². The summed E-state index contributed by atoms with van der Waals surface area (Å²) in [7, 11) is 0. The van der Waals surface area contributed by atoms with Crippen molar-refractivity contribution in [3.05, 3.63) is 29.8 Å². The summed E-state index contributed by atoms with van der Waals surface area (Å²) < 4.78 is 5.46. The molecule has 2 rings (SSSR count). The molecule has 1 heterocycles. The second-order valence-electron chi connectivity index (χ2n) is 5.31. The first-order valence-electron chi connectivity index (χ1n) is 7.09. The lowest BCUT2D eigenvalue weighted by molar-refractivity contribution is -0.117. The van der Waals surface area contributed by atoms with Crippen LogP contribution in [0.3, 0.4) is 0 Å². The Labute approximate surface area is 119 Å². The van der Waals surface area contributed by atoms with E-state index in [0.717, 1.165) is 37.4 Å². The van der Waals surface area contributed by atoms with E-state index in [4.69, 9.17) is 10.5 Å². The Hall–Kier alpha value is -1.59. The molecular weight excluding hydrogens is 254 g/mol. The number of para-hydroxylation sites is 1. The molecule has 0 aliphatic carbocycles. The van der Waals surface area contributed by atoms with Gasteiger partial charge in [-0.05, 0) is 25.0 Å². The lowest BCUT2D eigenvalue weighted by Gasteiger charge is -2.27. The maximum atomic E-state index is 11.1. The van der Waals surface area contributed by atoms with E-state index in [1.54, 1.807) is 0 Å². The number of carbonyl (C=O) groups excluding carboxylic acids is 1. The molecule has 1 saturated heterocycles. The topological polar surface area (TPSA) is 76.4 Å². The Balaban J connectivity index is 1.92. The molecule has 0 saturated carbocycles. The second-order valence-corrected chi connectivity index (χ2v) is 5.31. The number of rotatable bonds is 6. The fourth-order valence-electron chi connectivity index (χ4n) is 2.53.